The highest BCUT2D eigenvalue weighted by Gasteiger charge is 2.50. The van der Waals surface area contributed by atoms with E-state index in [0.29, 0.717) is 0 Å². The van der Waals surface area contributed by atoms with Gasteiger partial charge in [-0.3, -0.25) is 9.69 Å². The Bertz CT molecular complexity index is 220. The summed E-state index contributed by atoms with van der Waals surface area (Å²) >= 11 is 0. The second kappa shape index (κ2) is 3.87. The first-order valence-electron chi connectivity index (χ1n) is 5.29. The van der Waals surface area contributed by atoms with E-state index in [1.165, 1.54) is 0 Å². The summed E-state index contributed by atoms with van der Waals surface area (Å²) in [6, 6.07) is 0. The van der Waals surface area contributed by atoms with Gasteiger partial charge < -0.3 is 10.1 Å². The third-order valence-corrected chi connectivity index (χ3v) is 3.19. The molecule has 0 aromatic heterocycles. The van der Waals surface area contributed by atoms with Crippen molar-refractivity contribution >= 4 is 5.91 Å². The fraction of sp³-hybridized carbons (Fsp3) is 0.900. The fourth-order valence-electron chi connectivity index (χ4n) is 2.06. The second-order valence-electron chi connectivity index (χ2n) is 4.25. The first kappa shape index (κ1) is 9.93. The molecule has 1 N–H and O–H groups in total. The number of nitrogens with one attached hydrogen (secondary N) is 1. The molecule has 2 aliphatic rings. The molecule has 1 saturated heterocycles. The van der Waals surface area contributed by atoms with E-state index < -0.39 is 0 Å². The summed E-state index contributed by atoms with van der Waals surface area (Å²) in [4.78, 5) is 13.9. The maximum absolute atomic E-state index is 11.6. The van der Waals surface area contributed by atoms with Crippen LogP contribution in [0.5, 0.6) is 0 Å². The molecule has 14 heavy (non-hydrogen) atoms. The van der Waals surface area contributed by atoms with E-state index in [9.17, 15) is 4.79 Å². The van der Waals surface area contributed by atoms with E-state index in [2.05, 4.69) is 10.2 Å². The molecule has 1 heterocycles. The second-order valence-corrected chi connectivity index (χ2v) is 4.25. The number of carbonyl (C=O) groups is 1. The van der Waals surface area contributed by atoms with Gasteiger partial charge in [0.05, 0.1) is 18.6 Å². The zero-order chi connectivity index (χ0) is 10.0. The van der Waals surface area contributed by atoms with Crippen molar-refractivity contribution in [2.24, 2.45) is 5.41 Å². The summed E-state index contributed by atoms with van der Waals surface area (Å²) in [5.74, 6) is 0.212. The van der Waals surface area contributed by atoms with Crippen LogP contribution in [0.15, 0.2) is 0 Å². The molecule has 0 aromatic carbocycles. The van der Waals surface area contributed by atoms with Crippen LogP contribution in [0, 0.1) is 5.41 Å². The topological polar surface area (TPSA) is 41.6 Å². The van der Waals surface area contributed by atoms with Crippen LogP contribution >= 0.6 is 0 Å². The van der Waals surface area contributed by atoms with Crippen molar-refractivity contribution in [2.75, 3.05) is 39.9 Å². The first-order chi connectivity index (χ1) is 6.77. The molecule has 0 unspecified atom stereocenters. The van der Waals surface area contributed by atoms with Gasteiger partial charge in [-0.25, -0.2) is 0 Å². The standard InChI is InChI=1S/C10H18N2O2/c1-11-9(13)10(2-3-10)8-12-4-6-14-7-5-12/h2-8H2,1H3,(H,11,13). The number of rotatable bonds is 3. The zero-order valence-electron chi connectivity index (χ0n) is 8.71. The van der Waals surface area contributed by atoms with E-state index in [1.807, 2.05) is 0 Å². The van der Waals surface area contributed by atoms with E-state index in [0.717, 1.165) is 45.7 Å². The Morgan fingerprint density at radius 3 is 2.57 bits per heavy atom. The van der Waals surface area contributed by atoms with Crippen molar-refractivity contribution in [2.45, 2.75) is 12.8 Å². The van der Waals surface area contributed by atoms with Crippen LogP contribution in [0.1, 0.15) is 12.8 Å². The SMILES string of the molecule is CNC(=O)C1(CN2CCOCC2)CC1. The molecule has 4 nitrogen and oxygen atoms in total. The van der Waals surface area contributed by atoms with Crippen LogP contribution < -0.4 is 5.32 Å². The molecular weight excluding hydrogens is 180 g/mol. The molecule has 1 aliphatic heterocycles. The van der Waals surface area contributed by atoms with Gasteiger partial charge in [-0.05, 0) is 12.8 Å². The van der Waals surface area contributed by atoms with Gasteiger partial charge in [0.1, 0.15) is 0 Å². The Hall–Kier alpha value is -0.610. The van der Waals surface area contributed by atoms with Crippen LogP contribution in [0.3, 0.4) is 0 Å². The molecule has 0 aromatic rings. The number of nitrogens with zero attached hydrogens (tertiary/aromatic N) is 1. The van der Waals surface area contributed by atoms with Crippen molar-refractivity contribution in [3.05, 3.63) is 0 Å². The molecule has 4 heteroatoms. The fourth-order valence-corrected chi connectivity index (χ4v) is 2.06. The minimum Gasteiger partial charge on any atom is -0.379 e. The van der Waals surface area contributed by atoms with Crippen molar-refractivity contribution in [3.63, 3.8) is 0 Å². The lowest BCUT2D eigenvalue weighted by Crippen LogP contribution is -2.44. The summed E-state index contributed by atoms with van der Waals surface area (Å²) < 4.78 is 5.28. The van der Waals surface area contributed by atoms with E-state index >= 15 is 0 Å². The molecule has 0 spiro atoms. The van der Waals surface area contributed by atoms with Gasteiger partial charge in [-0.15, -0.1) is 0 Å². The van der Waals surface area contributed by atoms with Crippen molar-refractivity contribution in [3.8, 4) is 0 Å². The molecular formula is C10H18N2O2. The minimum atomic E-state index is -0.0634. The largest absolute Gasteiger partial charge is 0.379 e. The quantitative estimate of drug-likeness (QED) is 0.685. The Morgan fingerprint density at radius 1 is 1.43 bits per heavy atom. The van der Waals surface area contributed by atoms with E-state index in [4.69, 9.17) is 4.74 Å². The highest BCUT2D eigenvalue weighted by atomic mass is 16.5. The summed E-state index contributed by atoms with van der Waals surface area (Å²) in [5.41, 5.74) is -0.0634. The highest BCUT2D eigenvalue weighted by molar-refractivity contribution is 5.85. The number of amides is 1. The Morgan fingerprint density at radius 2 is 2.07 bits per heavy atom. The lowest BCUT2D eigenvalue weighted by atomic mass is 10.1. The normalized spacial score (nSPS) is 25.8. The van der Waals surface area contributed by atoms with Crippen molar-refractivity contribution < 1.29 is 9.53 Å². The maximum atomic E-state index is 11.6. The predicted octanol–water partition coefficient (Wildman–Crippen LogP) is -0.155. The van der Waals surface area contributed by atoms with Crippen LogP contribution in [-0.2, 0) is 9.53 Å². The summed E-state index contributed by atoms with van der Waals surface area (Å²) in [6.07, 6.45) is 2.09. The predicted molar refractivity (Wildman–Crippen MR) is 53.0 cm³/mol. The van der Waals surface area contributed by atoms with Crippen LogP contribution in [0.4, 0.5) is 0 Å². The number of morpholine rings is 1. The number of carbonyl (C=O) groups excluding carboxylic acids is 1. The lowest BCUT2D eigenvalue weighted by molar-refractivity contribution is -0.127. The number of hydrogen-bond acceptors (Lipinski definition) is 3. The molecule has 2 fully saturated rings. The summed E-state index contributed by atoms with van der Waals surface area (Å²) in [6.45, 7) is 4.47. The van der Waals surface area contributed by atoms with E-state index in [-0.39, 0.29) is 11.3 Å². The summed E-state index contributed by atoms with van der Waals surface area (Å²) in [5, 5.41) is 2.76. The van der Waals surface area contributed by atoms with Gasteiger partial charge in [-0.2, -0.15) is 0 Å². The average molecular weight is 198 g/mol. The Kier molecular flexibility index (Phi) is 2.74. The molecule has 1 aliphatic carbocycles. The monoisotopic (exact) mass is 198 g/mol. The third-order valence-electron chi connectivity index (χ3n) is 3.19. The molecule has 0 atom stereocenters. The number of ether oxygens (including phenoxy) is 1. The Balaban J connectivity index is 1.86. The molecule has 2 rings (SSSR count). The van der Waals surface area contributed by atoms with E-state index in [1.54, 1.807) is 7.05 Å². The van der Waals surface area contributed by atoms with Gasteiger partial charge in [0.2, 0.25) is 5.91 Å². The van der Waals surface area contributed by atoms with Crippen LogP contribution in [0.2, 0.25) is 0 Å². The molecule has 80 valence electrons. The van der Waals surface area contributed by atoms with Gasteiger partial charge in [0.25, 0.3) is 0 Å². The first-order valence-corrected chi connectivity index (χ1v) is 5.29. The average Bonchev–Trinajstić information content (AvgIpc) is 2.99. The molecule has 0 radical (unpaired) electrons. The molecule has 0 bridgehead atoms. The maximum Gasteiger partial charge on any atom is 0.227 e. The number of hydrogen-bond donors (Lipinski definition) is 1. The molecule has 1 saturated carbocycles. The smallest absolute Gasteiger partial charge is 0.227 e. The Labute approximate surface area is 84.6 Å². The third kappa shape index (κ3) is 1.91. The highest BCUT2D eigenvalue weighted by Crippen LogP contribution is 2.46. The van der Waals surface area contributed by atoms with Gasteiger partial charge >= 0.3 is 0 Å². The van der Waals surface area contributed by atoms with Gasteiger partial charge in [0.15, 0.2) is 0 Å². The lowest BCUT2D eigenvalue weighted by Gasteiger charge is -2.29. The molecule has 1 amide bonds. The summed E-state index contributed by atoms with van der Waals surface area (Å²) in [7, 11) is 1.72. The van der Waals surface area contributed by atoms with Crippen LogP contribution in [-0.4, -0.2) is 50.7 Å². The zero-order valence-corrected chi connectivity index (χ0v) is 8.71. The minimum absolute atomic E-state index is 0.0634. The van der Waals surface area contributed by atoms with Crippen LogP contribution in [0.25, 0.3) is 0 Å². The van der Waals surface area contributed by atoms with Gasteiger partial charge in [0, 0.05) is 26.7 Å². The van der Waals surface area contributed by atoms with Crippen molar-refractivity contribution in [1.82, 2.24) is 10.2 Å². The van der Waals surface area contributed by atoms with Gasteiger partial charge in [-0.1, -0.05) is 0 Å². The van der Waals surface area contributed by atoms with Crippen molar-refractivity contribution in [1.29, 1.82) is 0 Å².